The first-order valence-electron chi connectivity index (χ1n) is 12.1. The van der Waals surface area contributed by atoms with Crippen LogP contribution in [0.5, 0.6) is 0 Å². The number of nitrogens with zero attached hydrogens (tertiary/aromatic N) is 3. The number of anilines is 3. The molecule has 6 rings (SSSR count). The number of hydrogen-bond acceptors (Lipinski definition) is 3. The minimum Gasteiger partial charge on any atom is -0.310 e. The van der Waals surface area contributed by atoms with Gasteiger partial charge in [-0.1, -0.05) is 86.6 Å². The second-order valence-electron chi connectivity index (χ2n) is 9.63. The van der Waals surface area contributed by atoms with E-state index in [1.807, 2.05) is 12.1 Å². The lowest BCUT2D eigenvalue weighted by Gasteiger charge is -2.42. The Kier molecular flexibility index (Phi) is 5.16. The number of nitriles is 1. The molecule has 1 aromatic heterocycles. The van der Waals surface area contributed by atoms with Crippen molar-refractivity contribution in [3.63, 3.8) is 0 Å². The van der Waals surface area contributed by atoms with E-state index in [2.05, 4.69) is 127 Å². The fourth-order valence-electron chi connectivity index (χ4n) is 5.34. The first kappa shape index (κ1) is 21.8. The van der Waals surface area contributed by atoms with Gasteiger partial charge in [-0.15, -0.1) is 0 Å². The summed E-state index contributed by atoms with van der Waals surface area (Å²) in [5.74, 6) is 0. The molecular weight excluding hydrogens is 438 g/mol. The van der Waals surface area contributed by atoms with E-state index in [1.54, 1.807) is 6.20 Å². The monoisotopic (exact) mass is 463 g/mol. The number of rotatable bonds is 3. The molecule has 0 atom stereocenters. The van der Waals surface area contributed by atoms with E-state index in [-0.39, 0.29) is 5.41 Å². The van der Waals surface area contributed by atoms with Crippen molar-refractivity contribution in [1.82, 2.24) is 4.98 Å². The Balaban J connectivity index is 1.43. The van der Waals surface area contributed by atoms with E-state index >= 15 is 0 Å². The lowest BCUT2D eigenvalue weighted by molar-refractivity contribution is 0.632. The molecule has 0 saturated carbocycles. The highest BCUT2D eigenvalue weighted by Gasteiger charge is 2.36. The van der Waals surface area contributed by atoms with E-state index in [0.717, 1.165) is 27.9 Å². The molecule has 0 spiro atoms. The number of pyridine rings is 1. The van der Waals surface area contributed by atoms with Crippen molar-refractivity contribution >= 4 is 17.1 Å². The summed E-state index contributed by atoms with van der Waals surface area (Å²) in [6.07, 6.45) is 1.65. The zero-order chi connectivity index (χ0) is 24.7. The summed E-state index contributed by atoms with van der Waals surface area (Å²) in [7, 11) is 0. The van der Waals surface area contributed by atoms with E-state index in [1.165, 1.54) is 22.5 Å². The van der Waals surface area contributed by atoms with Crippen LogP contribution in [0.2, 0.25) is 0 Å². The maximum absolute atomic E-state index is 9.42. The van der Waals surface area contributed by atoms with Crippen LogP contribution in [0.25, 0.3) is 22.3 Å². The largest absolute Gasteiger partial charge is 0.310 e. The number of aromatic nitrogens is 1. The fourth-order valence-corrected chi connectivity index (χ4v) is 5.34. The molecule has 3 heteroatoms. The summed E-state index contributed by atoms with van der Waals surface area (Å²) in [4.78, 5) is 6.58. The van der Waals surface area contributed by atoms with Crippen LogP contribution in [0.3, 0.4) is 0 Å². The molecule has 0 saturated heterocycles. The third-order valence-corrected chi connectivity index (χ3v) is 7.18. The summed E-state index contributed by atoms with van der Waals surface area (Å²) >= 11 is 0. The van der Waals surface area contributed by atoms with E-state index in [0.29, 0.717) is 5.69 Å². The minimum absolute atomic E-state index is 0.0777. The number of fused-ring (bicyclic) bond motifs is 2. The summed E-state index contributed by atoms with van der Waals surface area (Å²) in [5.41, 5.74) is 10.7. The van der Waals surface area contributed by atoms with Crippen LogP contribution in [-0.2, 0) is 5.41 Å². The number of para-hydroxylation sites is 2. The highest BCUT2D eigenvalue weighted by atomic mass is 15.2. The van der Waals surface area contributed by atoms with Crippen LogP contribution >= 0.6 is 0 Å². The summed E-state index contributed by atoms with van der Waals surface area (Å²) in [5, 5.41) is 9.42. The summed E-state index contributed by atoms with van der Waals surface area (Å²) in [6.45, 7) is 4.61. The maximum atomic E-state index is 9.42. The minimum atomic E-state index is -0.0777. The molecule has 4 aromatic carbocycles. The van der Waals surface area contributed by atoms with Crippen molar-refractivity contribution in [1.29, 1.82) is 5.26 Å². The lowest BCUT2D eigenvalue weighted by atomic mass is 9.73. The van der Waals surface area contributed by atoms with Gasteiger partial charge in [-0.2, -0.15) is 5.26 Å². The average molecular weight is 464 g/mol. The van der Waals surface area contributed by atoms with Crippen LogP contribution in [-0.4, -0.2) is 4.98 Å². The molecule has 0 fully saturated rings. The van der Waals surface area contributed by atoms with Crippen molar-refractivity contribution in [2.75, 3.05) is 4.90 Å². The molecule has 172 valence electrons. The molecule has 0 amide bonds. The smallest absolute Gasteiger partial charge is 0.148 e. The van der Waals surface area contributed by atoms with Crippen molar-refractivity contribution in [3.8, 4) is 28.3 Å². The van der Waals surface area contributed by atoms with Gasteiger partial charge < -0.3 is 4.90 Å². The highest BCUT2D eigenvalue weighted by Crippen LogP contribution is 2.51. The SMILES string of the molecule is CC1(C)c2ccccc2N(c2cccc(-c3ccc(-c4cccnc4C#N)cc3)c2)c2ccccc21. The standard InChI is InChI=1S/C33H25N3/c1-33(2)28-12-3-5-14-31(28)36(32-15-6-4-13-29(32)33)26-10-7-9-25(21-26)23-16-18-24(19-17-23)27-11-8-20-35-30(27)22-34/h3-21H,1-2H3. The lowest BCUT2D eigenvalue weighted by Crippen LogP contribution is -2.30. The van der Waals surface area contributed by atoms with Crippen molar-refractivity contribution in [3.05, 3.63) is 132 Å². The predicted octanol–water partition coefficient (Wildman–Crippen LogP) is 8.40. The fraction of sp³-hybridized carbons (Fsp3) is 0.0909. The molecule has 0 bridgehead atoms. The normalized spacial score (nSPS) is 13.4. The third-order valence-electron chi connectivity index (χ3n) is 7.18. The quantitative estimate of drug-likeness (QED) is 0.270. The zero-order valence-corrected chi connectivity index (χ0v) is 20.3. The van der Waals surface area contributed by atoms with Crippen LogP contribution in [0.1, 0.15) is 30.7 Å². The van der Waals surface area contributed by atoms with Crippen LogP contribution in [0.15, 0.2) is 115 Å². The Morgan fingerprint density at radius 1 is 0.667 bits per heavy atom. The molecule has 0 N–H and O–H groups in total. The first-order chi connectivity index (χ1) is 17.6. The van der Waals surface area contributed by atoms with E-state index in [9.17, 15) is 5.26 Å². The van der Waals surface area contributed by atoms with Crippen molar-refractivity contribution < 1.29 is 0 Å². The van der Waals surface area contributed by atoms with Crippen molar-refractivity contribution in [2.45, 2.75) is 19.3 Å². The maximum Gasteiger partial charge on any atom is 0.148 e. The second-order valence-corrected chi connectivity index (χ2v) is 9.63. The molecule has 2 heterocycles. The topological polar surface area (TPSA) is 39.9 Å². The number of benzene rings is 4. The first-order valence-corrected chi connectivity index (χ1v) is 12.1. The molecule has 0 radical (unpaired) electrons. The zero-order valence-electron chi connectivity index (χ0n) is 20.3. The second kappa shape index (κ2) is 8.52. The predicted molar refractivity (Wildman–Crippen MR) is 147 cm³/mol. The van der Waals surface area contributed by atoms with Gasteiger partial charge in [-0.25, -0.2) is 4.98 Å². The van der Waals surface area contributed by atoms with Gasteiger partial charge in [0.25, 0.3) is 0 Å². The van der Waals surface area contributed by atoms with Gasteiger partial charge in [-0.3, -0.25) is 0 Å². The molecule has 0 aliphatic carbocycles. The third kappa shape index (κ3) is 3.47. The summed E-state index contributed by atoms with van der Waals surface area (Å²) < 4.78 is 0. The Morgan fingerprint density at radius 2 is 1.31 bits per heavy atom. The summed E-state index contributed by atoms with van der Waals surface area (Å²) in [6, 6.07) is 40.5. The van der Waals surface area contributed by atoms with Gasteiger partial charge in [0.2, 0.25) is 0 Å². The Hall–Kier alpha value is -4.68. The Labute approximate surface area is 211 Å². The van der Waals surface area contributed by atoms with Gasteiger partial charge in [0.15, 0.2) is 0 Å². The van der Waals surface area contributed by atoms with Crippen LogP contribution < -0.4 is 4.90 Å². The van der Waals surface area contributed by atoms with E-state index in [4.69, 9.17) is 0 Å². The van der Waals surface area contributed by atoms with Gasteiger partial charge in [-0.05, 0) is 64.2 Å². The average Bonchev–Trinajstić information content (AvgIpc) is 2.93. The van der Waals surface area contributed by atoms with Gasteiger partial charge >= 0.3 is 0 Å². The van der Waals surface area contributed by atoms with Gasteiger partial charge in [0, 0.05) is 22.9 Å². The Bertz CT molecular complexity index is 1570. The number of hydrogen-bond donors (Lipinski definition) is 0. The molecule has 1 aliphatic rings. The molecule has 5 aromatic rings. The highest BCUT2D eigenvalue weighted by molar-refractivity contribution is 5.87. The van der Waals surface area contributed by atoms with Crippen molar-refractivity contribution in [2.24, 2.45) is 0 Å². The molecule has 3 nitrogen and oxygen atoms in total. The molecule has 36 heavy (non-hydrogen) atoms. The Morgan fingerprint density at radius 3 is 1.97 bits per heavy atom. The molecular formula is C33H25N3. The van der Waals surface area contributed by atoms with Gasteiger partial charge in [0.05, 0.1) is 11.4 Å². The molecule has 0 unspecified atom stereocenters. The van der Waals surface area contributed by atoms with Crippen LogP contribution in [0, 0.1) is 11.3 Å². The molecule has 1 aliphatic heterocycles. The van der Waals surface area contributed by atoms with Crippen LogP contribution in [0.4, 0.5) is 17.1 Å². The van der Waals surface area contributed by atoms with E-state index < -0.39 is 0 Å². The van der Waals surface area contributed by atoms with Gasteiger partial charge in [0.1, 0.15) is 11.8 Å².